The zero-order valence-corrected chi connectivity index (χ0v) is 15.6. The first-order chi connectivity index (χ1) is 11.9. The Morgan fingerprint density at radius 2 is 1.92 bits per heavy atom. The van der Waals surface area contributed by atoms with Gasteiger partial charge in [0.1, 0.15) is 0 Å². The van der Waals surface area contributed by atoms with E-state index in [2.05, 4.69) is 17.0 Å². The number of rotatable bonds is 6. The van der Waals surface area contributed by atoms with Crippen molar-refractivity contribution in [1.29, 1.82) is 0 Å². The van der Waals surface area contributed by atoms with Crippen LogP contribution in [0.1, 0.15) is 38.2 Å². The van der Waals surface area contributed by atoms with Crippen LogP contribution in [0.5, 0.6) is 0 Å². The van der Waals surface area contributed by atoms with Crippen molar-refractivity contribution in [1.82, 2.24) is 10.0 Å². The van der Waals surface area contributed by atoms with E-state index in [-0.39, 0.29) is 16.8 Å². The van der Waals surface area contributed by atoms with Crippen LogP contribution >= 0.6 is 0 Å². The van der Waals surface area contributed by atoms with Crippen LogP contribution in [0.25, 0.3) is 6.08 Å². The van der Waals surface area contributed by atoms with Crippen LogP contribution in [-0.4, -0.2) is 27.4 Å². The predicted molar refractivity (Wildman–Crippen MR) is 98.3 cm³/mol. The van der Waals surface area contributed by atoms with E-state index >= 15 is 0 Å². The monoisotopic (exact) mass is 362 g/mol. The van der Waals surface area contributed by atoms with Crippen LogP contribution < -0.4 is 10.0 Å². The number of carbonyl (C=O) groups excluding carboxylic acids is 1. The maximum atomic E-state index is 12.2. The van der Waals surface area contributed by atoms with Crippen LogP contribution in [0.2, 0.25) is 0 Å². The number of sulfonamides is 1. The Balaban J connectivity index is 1.55. The van der Waals surface area contributed by atoms with Crippen molar-refractivity contribution in [2.45, 2.75) is 43.5 Å². The van der Waals surface area contributed by atoms with E-state index in [0.29, 0.717) is 5.92 Å². The molecule has 2 N–H and O–H groups in total. The van der Waals surface area contributed by atoms with Crippen molar-refractivity contribution in [2.24, 2.45) is 17.8 Å². The van der Waals surface area contributed by atoms with Crippen molar-refractivity contribution in [2.75, 3.05) is 7.05 Å². The van der Waals surface area contributed by atoms with E-state index in [1.54, 1.807) is 18.2 Å². The van der Waals surface area contributed by atoms with Crippen molar-refractivity contribution in [3.63, 3.8) is 0 Å². The number of amides is 1. The molecule has 3 rings (SSSR count). The first-order valence-corrected chi connectivity index (χ1v) is 10.4. The molecule has 4 atom stereocenters. The Kier molecular flexibility index (Phi) is 5.29. The van der Waals surface area contributed by atoms with Crippen LogP contribution in [0.3, 0.4) is 0 Å². The Labute approximate surface area is 149 Å². The highest BCUT2D eigenvalue weighted by Crippen LogP contribution is 2.49. The third-order valence-electron chi connectivity index (χ3n) is 5.69. The summed E-state index contributed by atoms with van der Waals surface area (Å²) in [7, 11) is -2.05. The van der Waals surface area contributed by atoms with Crippen LogP contribution in [0, 0.1) is 17.8 Å². The number of benzene rings is 1. The highest BCUT2D eigenvalue weighted by molar-refractivity contribution is 7.89. The van der Waals surface area contributed by atoms with Gasteiger partial charge in [0.05, 0.1) is 4.90 Å². The summed E-state index contributed by atoms with van der Waals surface area (Å²) in [6.45, 7) is 2.11. The summed E-state index contributed by atoms with van der Waals surface area (Å²) in [6, 6.07) is 6.64. The summed E-state index contributed by atoms with van der Waals surface area (Å²) in [5.74, 6) is 2.17. The van der Waals surface area contributed by atoms with Crippen molar-refractivity contribution < 1.29 is 13.2 Å². The number of nitrogens with one attached hydrogen (secondary N) is 2. The van der Waals surface area contributed by atoms with Gasteiger partial charge < -0.3 is 5.32 Å². The largest absolute Gasteiger partial charge is 0.350 e. The fraction of sp³-hybridized carbons (Fsp3) is 0.526. The lowest BCUT2D eigenvalue weighted by Crippen LogP contribution is -2.39. The Bertz CT molecular complexity index is 755. The lowest BCUT2D eigenvalue weighted by atomic mass is 9.84. The number of hydrogen-bond acceptors (Lipinski definition) is 3. The van der Waals surface area contributed by atoms with E-state index in [1.807, 2.05) is 0 Å². The molecule has 1 aromatic carbocycles. The zero-order valence-electron chi connectivity index (χ0n) is 14.7. The molecule has 0 spiro atoms. The normalized spacial score (nSPS) is 26.9. The molecule has 2 aliphatic rings. The molecule has 1 amide bonds. The van der Waals surface area contributed by atoms with Gasteiger partial charge in [-0.15, -0.1) is 0 Å². The minimum absolute atomic E-state index is 0.0952. The van der Waals surface area contributed by atoms with Gasteiger partial charge in [0, 0.05) is 12.1 Å². The summed E-state index contributed by atoms with van der Waals surface area (Å²) in [4.78, 5) is 12.4. The lowest BCUT2D eigenvalue weighted by Gasteiger charge is -2.28. The second-order valence-corrected chi connectivity index (χ2v) is 9.13. The third kappa shape index (κ3) is 4.12. The van der Waals surface area contributed by atoms with Gasteiger partial charge in [-0.2, -0.15) is 0 Å². The third-order valence-corrected chi connectivity index (χ3v) is 7.12. The minimum Gasteiger partial charge on any atom is -0.350 e. The first kappa shape index (κ1) is 18.1. The molecule has 25 heavy (non-hydrogen) atoms. The zero-order chi connectivity index (χ0) is 18.0. The Morgan fingerprint density at radius 3 is 2.48 bits per heavy atom. The van der Waals surface area contributed by atoms with Gasteiger partial charge in [-0.1, -0.05) is 18.6 Å². The highest BCUT2D eigenvalue weighted by atomic mass is 32.2. The van der Waals surface area contributed by atoms with E-state index in [4.69, 9.17) is 0 Å². The topological polar surface area (TPSA) is 75.3 Å². The number of hydrogen-bond donors (Lipinski definition) is 2. The molecule has 1 aromatic rings. The van der Waals surface area contributed by atoms with E-state index in [1.165, 1.54) is 50.9 Å². The lowest BCUT2D eigenvalue weighted by molar-refractivity contribution is -0.117. The first-order valence-electron chi connectivity index (χ1n) is 8.91. The molecule has 4 unspecified atom stereocenters. The molecule has 0 saturated heterocycles. The quantitative estimate of drug-likeness (QED) is 0.764. The average Bonchev–Trinajstić information content (AvgIpc) is 3.23. The number of carbonyl (C=O) groups is 1. The van der Waals surface area contributed by atoms with Crippen LogP contribution in [0.4, 0.5) is 0 Å². The van der Waals surface area contributed by atoms with Crippen molar-refractivity contribution >= 4 is 22.0 Å². The summed E-state index contributed by atoms with van der Waals surface area (Å²) in [5.41, 5.74) is 0.790. The molecular formula is C19H26N2O3S. The second kappa shape index (κ2) is 7.30. The van der Waals surface area contributed by atoms with Gasteiger partial charge in [0.2, 0.25) is 15.9 Å². The summed E-state index contributed by atoms with van der Waals surface area (Å²) in [5, 5.41) is 3.09. The molecule has 0 aliphatic heterocycles. The molecule has 2 saturated carbocycles. The van der Waals surface area contributed by atoms with Gasteiger partial charge in [-0.05, 0) is 74.8 Å². The molecular weight excluding hydrogens is 336 g/mol. The maximum absolute atomic E-state index is 12.2. The van der Waals surface area contributed by atoms with Crippen LogP contribution in [0.15, 0.2) is 35.2 Å². The highest BCUT2D eigenvalue weighted by Gasteiger charge is 2.41. The molecule has 0 aromatic heterocycles. The fourth-order valence-electron chi connectivity index (χ4n) is 4.33. The summed E-state index contributed by atoms with van der Waals surface area (Å²) < 4.78 is 25.7. The SMILES string of the molecule is CNS(=O)(=O)c1ccc(/C=C/C(=O)NC(C)C2CC3CCC2C3)cc1. The van der Waals surface area contributed by atoms with Gasteiger partial charge in [-0.3, -0.25) is 4.79 Å². The molecule has 2 bridgehead atoms. The minimum atomic E-state index is -3.43. The standard InChI is InChI=1S/C19H26N2O3S/c1-13(18-12-15-3-7-16(18)11-15)21-19(22)10-6-14-4-8-17(9-5-14)25(23,24)20-2/h4-6,8-10,13,15-16,18,20H,3,7,11-12H2,1-2H3,(H,21,22)/b10-6+. The van der Waals surface area contributed by atoms with Gasteiger partial charge in [0.25, 0.3) is 0 Å². The predicted octanol–water partition coefficient (Wildman–Crippen LogP) is 2.55. The summed E-state index contributed by atoms with van der Waals surface area (Å²) in [6.07, 6.45) is 8.48. The smallest absolute Gasteiger partial charge is 0.244 e. The Hall–Kier alpha value is -1.66. The molecule has 2 fully saturated rings. The molecule has 5 nitrogen and oxygen atoms in total. The van der Waals surface area contributed by atoms with E-state index < -0.39 is 10.0 Å². The van der Waals surface area contributed by atoms with Gasteiger partial charge >= 0.3 is 0 Å². The average molecular weight is 362 g/mol. The fourth-order valence-corrected chi connectivity index (χ4v) is 5.06. The molecule has 6 heteroatoms. The maximum Gasteiger partial charge on any atom is 0.244 e. The Morgan fingerprint density at radius 1 is 1.20 bits per heavy atom. The van der Waals surface area contributed by atoms with E-state index in [0.717, 1.165) is 17.4 Å². The summed E-state index contributed by atoms with van der Waals surface area (Å²) >= 11 is 0. The van der Waals surface area contributed by atoms with E-state index in [9.17, 15) is 13.2 Å². The van der Waals surface area contributed by atoms with Gasteiger partial charge in [0.15, 0.2) is 0 Å². The molecule has 2 aliphatic carbocycles. The van der Waals surface area contributed by atoms with Gasteiger partial charge in [-0.25, -0.2) is 13.1 Å². The van der Waals surface area contributed by atoms with Crippen molar-refractivity contribution in [3.05, 3.63) is 35.9 Å². The molecule has 0 radical (unpaired) electrons. The molecule has 0 heterocycles. The van der Waals surface area contributed by atoms with Crippen molar-refractivity contribution in [3.8, 4) is 0 Å². The number of fused-ring (bicyclic) bond motifs is 2. The second-order valence-electron chi connectivity index (χ2n) is 7.25. The van der Waals surface area contributed by atoms with Crippen LogP contribution in [-0.2, 0) is 14.8 Å². The molecule has 136 valence electrons.